The molecule has 0 saturated carbocycles. The van der Waals surface area contributed by atoms with Gasteiger partial charge in [-0.1, -0.05) is 30.3 Å². The third-order valence-electron chi connectivity index (χ3n) is 1.89. The molecule has 0 radical (unpaired) electrons. The number of benzene rings is 1. The van der Waals surface area contributed by atoms with Crippen LogP contribution in [-0.4, -0.2) is 6.34 Å². The van der Waals surface area contributed by atoms with Gasteiger partial charge in [0.15, 0.2) is 5.70 Å². The van der Waals surface area contributed by atoms with Crippen LogP contribution >= 0.6 is 0 Å². The molecule has 0 spiro atoms. The number of nitrogens with one attached hydrogen (secondary N) is 1. The van der Waals surface area contributed by atoms with E-state index in [9.17, 15) is 0 Å². The highest BCUT2D eigenvalue weighted by atomic mass is 16.6. The summed E-state index contributed by atoms with van der Waals surface area (Å²) in [4.78, 5) is 8.73. The van der Waals surface area contributed by atoms with Gasteiger partial charge in [0.1, 0.15) is 24.2 Å². The van der Waals surface area contributed by atoms with Crippen molar-refractivity contribution in [1.82, 2.24) is 5.48 Å². The summed E-state index contributed by atoms with van der Waals surface area (Å²) in [6.07, 6.45) is 1.16. The van der Waals surface area contributed by atoms with E-state index in [1.54, 1.807) is 12.1 Å². The Balaban J connectivity index is 2.39. The molecule has 0 fully saturated rings. The fourth-order valence-electron chi connectivity index (χ4n) is 1.04. The first-order valence-electron chi connectivity index (χ1n) is 5.01. The second-order valence-corrected chi connectivity index (χ2v) is 3.14. The van der Waals surface area contributed by atoms with Crippen LogP contribution in [0.15, 0.2) is 46.7 Å². The summed E-state index contributed by atoms with van der Waals surface area (Å²) in [7, 11) is 0. The van der Waals surface area contributed by atoms with Crippen molar-refractivity contribution in [3.05, 3.63) is 47.3 Å². The third kappa shape index (κ3) is 4.35. The summed E-state index contributed by atoms with van der Waals surface area (Å²) in [5.74, 6) is 0. The Morgan fingerprint density at radius 1 is 1.33 bits per heavy atom. The molecule has 0 bridgehead atoms. The van der Waals surface area contributed by atoms with Gasteiger partial charge in [-0.15, -0.1) is 0 Å². The average molecular weight is 241 g/mol. The van der Waals surface area contributed by atoms with Gasteiger partial charge in [0.05, 0.1) is 6.61 Å². The number of hydrogen-bond acceptors (Lipinski definition) is 5. The van der Waals surface area contributed by atoms with E-state index in [-0.39, 0.29) is 11.4 Å². The van der Waals surface area contributed by atoms with Crippen molar-refractivity contribution in [2.24, 2.45) is 10.7 Å². The maximum absolute atomic E-state index is 8.64. The Bertz CT molecular complexity index is 522. The molecule has 0 atom stereocenters. The predicted octanol–water partition coefficient (Wildman–Crippen LogP) is 0.954. The normalized spacial score (nSPS) is 11.4. The molecule has 6 nitrogen and oxygen atoms in total. The second kappa shape index (κ2) is 7.44. The van der Waals surface area contributed by atoms with Crippen molar-refractivity contribution in [2.45, 2.75) is 6.61 Å². The van der Waals surface area contributed by atoms with Crippen LogP contribution in [0.2, 0.25) is 0 Å². The highest BCUT2D eigenvalue weighted by molar-refractivity contribution is 5.57. The van der Waals surface area contributed by atoms with E-state index >= 15 is 0 Å². The molecule has 0 saturated heterocycles. The standard InChI is InChI=1S/C12H11N5O/c13-6-11(15)12(7-14)16-9-17-18-8-10-4-2-1-3-5-10/h1-5,9H,8,15H2,(H,16,17)/b12-11-. The number of hydroxylamine groups is 1. The minimum Gasteiger partial charge on any atom is -0.388 e. The largest absolute Gasteiger partial charge is 0.388 e. The lowest BCUT2D eigenvalue weighted by Gasteiger charge is -2.01. The number of nitriles is 2. The van der Waals surface area contributed by atoms with Gasteiger partial charge in [-0.3, -0.25) is 10.3 Å². The highest BCUT2D eigenvalue weighted by Crippen LogP contribution is 1.99. The number of hydrogen-bond donors (Lipinski definition) is 2. The van der Waals surface area contributed by atoms with Gasteiger partial charge in [-0.2, -0.15) is 10.5 Å². The van der Waals surface area contributed by atoms with Gasteiger partial charge in [0.25, 0.3) is 0 Å². The number of allylic oxidation sites excluding steroid dienone is 2. The number of nitrogens with two attached hydrogens (primary N) is 1. The van der Waals surface area contributed by atoms with Crippen LogP contribution in [-0.2, 0) is 11.4 Å². The minimum absolute atomic E-state index is 0.159. The van der Waals surface area contributed by atoms with Crippen LogP contribution in [0.4, 0.5) is 0 Å². The van der Waals surface area contributed by atoms with Gasteiger partial charge in [-0.25, -0.2) is 4.99 Å². The third-order valence-corrected chi connectivity index (χ3v) is 1.89. The lowest BCUT2D eigenvalue weighted by Crippen LogP contribution is -2.12. The van der Waals surface area contributed by atoms with E-state index in [4.69, 9.17) is 21.1 Å². The molecule has 90 valence electrons. The molecule has 0 aliphatic carbocycles. The first kappa shape index (κ1) is 13.2. The quantitative estimate of drug-likeness (QED) is 0.262. The van der Waals surface area contributed by atoms with Gasteiger partial charge in [-0.05, 0) is 5.56 Å². The van der Waals surface area contributed by atoms with Gasteiger partial charge in [0, 0.05) is 0 Å². The van der Waals surface area contributed by atoms with Crippen molar-refractivity contribution in [3.63, 3.8) is 0 Å². The van der Waals surface area contributed by atoms with Crippen LogP contribution < -0.4 is 11.2 Å². The Kier molecular flexibility index (Phi) is 5.47. The van der Waals surface area contributed by atoms with Crippen LogP contribution in [0.3, 0.4) is 0 Å². The second-order valence-electron chi connectivity index (χ2n) is 3.14. The summed E-state index contributed by atoms with van der Waals surface area (Å²) in [5.41, 5.74) is 8.28. The Labute approximate surface area is 105 Å². The monoisotopic (exact) mass is 241 g/mol. The van der Waals surface area contributed by atoms with E-state index < -0.39 is 0 Å². The van der Waals surface area contributed by atoms with Crippen molar-refractivity contribution in [2.75, 3.05) is 0 Å². The SMILES string of the molecule is N#C/C(N)=C(\C#N)N=CNOCc1ccccc1. The molecule has 0 aliphatic heterocycles. The molecule has 1 rings (SSSR count). The van der Waals surface area contributed by atoms with E-state index in [0.29, 0.717) is 6.61 Å². The Morgan fingerprint density at radius 3 is 2.67 bits per heavy atom. The fourth-order valence-corrected chi connectivity index (χ4v) is 1.04. The highest BCUT2D eigenvalue weighted by Gasteiger charge is 1.97. The van der Waals surface area contributed by atoms with E-state index in [2.05, 4.69) is 10.5 Å². The van der Waals surface area contributed by atoms with Crippen molar-refractivity contribution >= 4 is 6.34 Å². The minimum atomic E-state index is -0.237. The van der Waals surface area contributed by atoms with Crippen LogP contribution in [0.1, 0.15) is 5.56 Å². The molecule has 0 unspecified atom stereocenters. The van der Waals surface area contributed by atoms with Crippen molar-refractivity contribution in [1.29, 1.82) is 10.5 Å². The van der Waals surface area contributed by atoms with E-state index in [1.165, 1.54) is 0 Å². The van der Waals surface area contributed by atoms with Crippen molar-refractivity contribution < 1.29 is 4.84 Å². The van der Waals surface area contributed by atoms with E-state index in [1.807, 2.05) is 30.3 Å². The lowest BCUT2D eigenvalue weighted by atomic mass is 10.2. The first-order chi connectivity index (χ1) is 8.77. The maximum atomic E-state index is 8.64. The molecule has 0 heterocycles. The first-order valence-corrected chi connectivity index (χ1v) is 5.01. The molecular formula is C12H11N5O. The molecule has 1 aromatic rings. The van der Waals surface area contributed by atoms with Gasteiger partial charge in [0.2, 0.25) is 0 Å². The maximum Gasteiger partial charge on any atom is 0.175 e. The molecule has 0 amide bonds. The van der Waals surface area contributed by atoms with Crippen LogP contribution in [0.25, 0.3) is 0 Å². The fraction of sp³-hybridized carbons (Fsp3) is 0.0833. The zero-order chi connectivity index (χ0) is 13.2. The lowest BCUT2D eigenvalue weighted by molar-refractivity contribution is 0.0745. The molecule has 0 aliphatic rings. The molecular weight excluding hydrogens is 230 g/mol. The summed E-state index contributed by atoms with van der Waals surface area (Å²) in [6.45, 7) is 0.353. The Morgan fingerprint density at radius 2 is 2.06 bits per heavy atom. The number of rotatable bonds is 5. The Hall–Kier alpha value is -2.83. The molecule has 3 N–H and O–H groups in total. The zero-order valence-corrected chi connectivity index (χ0v) is 9.50. The summed E-state index contributed by atoms with van der Waals surface area (Å²) >= 11 is 0. The smallest absolute Gasteiger partial charge is 0.175 e. The predicted molar refractivity (Wildman–Crippen MR) is 65.3 cm³/mol. The van der Waals surface area contributed by atoms with Gasteiger partial charge < -0.3 is 5.73 Å². The average Bonchev–Trinajstić information content (AvgIpc) is 2.43. The molecule has 18 heavy (non-hydrogen) atoms. The van der Waals surface area contributed by atoms with Gasteiger partial charge >= 0.3 is 0 Å². The topological polar surface area (TPSA) is 107 Å². The zero-order valence-electron chi connectivity index (χ0n) is 9.50. The summed E-state index contributed by atoms with van der Waals surface area (Å²) < 4.78 is 0. The molecule has 1 aromatic carbocycles. The van der Waals surface area contributed by atoms with Crippen LogP contribution in [0.5, 0.6) is 0 Å². The number of nitrogens with zero attached hydrogens (tertiary/aromatic N) is 3. The molecule has 6 heteroatoms. The van der Waals surface area contributed by atoms with Crippen LogP contribution in [0, 0.1) is 22.7 Å². The van der Waals surface area contributed by atoms with Crippen molar-refractivity contribution in [3.8, 4) is 12.1 Å². The summed E-state index contributed by atoms with van der Waals surface area (Å²) in [6, 6.07) is 12.9. The number of aliphatic imine (C=N–C) groups is 1. The summed E-state index contributed by atoms with van der Waals surface area (Å²) in [5, 5.41) is 17.1. The molecule has 0 aromatic heterocycles. The van der Waals surface area contributed by atoms with E-state index in [0.717, 1.165) is 11.9 Å².